The number of para-hydroxylation sites is 1. The SMILES string of the molecule is Cc1cc(C=O)cc(C)c1N1CCN(C(=O)CCOc2ccccc2)CC1. The maximum atomic E-state index is 12.4. The van der Waals surface area contributed by atoms with Crippen LogP contribution in [-0.4, -0.2) is 49.9 Å². The summed E-state index contributed by atoms with van der Waals surface area (Å²) in [7, 11) is 0. The molecular formula is C22H26N2O3. The third-order valence-corrected chi connectivity index (χ3v) is 4.93. The highest BCUT2D eigenvalue weighted by molar-refractivity contribution is 5.79. The molecule has 2 aromatic carbocycles. The van der Waals surface area contributed by atoms with Gasteiger partial charge in [0.2, 0.25) is 5.91 Å². The van der Waals surface area contributed by atoms with Gasteiger partial charge in [-0.3, -0.25) is 9.59 Å². The largest absolute Gasteiger partial charge is 0.493 e. The maximum Gasteiger partial charge on any atom is 0.226 e. The zero-order valence-electron chi connectivity index (χ0n) is 16.0. The van der Waals surface area contributed by atoms with E-state index in [9.17, 15) is 9.59 Å². The second kappa shape index (κ2) is 8.71. The summed E-state index contributed by atoms with van der Waals surface area (Å²) in [6.07, 6.45) is 1.28. The Balaban J connectivity index is 1.51. The van der Waals surface area contributed by atoms with Gasteiger partial charge in [0.1, 0.15) is 12.0 Å². The molecule has 5 heteroatoms. The summed E-state index contributed by atoms with van der Waals surface area (Å²) < 4.78 is 5.62. The van der Waals surface area contributed by atoms with E-state index in [-0.39, 0.29) is 5.91 Å². The summed E-state index contributed by atoms with van der Waals surface area (Å²) in [6, 6.07) is 13.4. The van der Waals surface area contributed by atoms with E-state index in [1.165, 1.54) is 5.69 Å². The van der Waals surface area contributed by atoms with E-state index in [4.69, 9.17) is 4.74 Å². The van der Waals surface area contributed by atoms with Crippen molar-refractivity contribution in [2.75, 3.05) is 37.7 Å². The zero-order valence-corrected chi connectivity index (χ0v) is 16.0. The highest BCUT2D eigenvalue weighted by Crippen LogP contribution is 2.27. The van der Waals surface area contributed by atoms with Crippen molar-refractivity contribution in [3.05, 3.63) is 59.2 Å². The first-order valence-electron chi connectivity index (χ1n) is 9.35. The third-order valence-electron chi connectivity index (χ3n) is 4.93. The number of anilines is 1. The van der Waals surface area contributed by atoms with Crippen LogP contribution < -0.4 is 9.64 Å². The number of hydrogen-bond acceptors (Lipinski definition) is 4. The highest BCUT2D eigenvalue weighted by atomic mass is 16.5. The molecule has 27 heavy (non-hydrogen) atoms. The van der Waals surface area contributed by atoms with Crippen LogP contribution in [-0.2, 0) is 4.79 Å². The maximum absolute atomic E-state index is 12.4. The van der Waals surface area contributed by atoms with Crippen LogP contribution in [0, 0.1) is 13.8 Å². The first-order valence-corrected chi connectivity index (χ1v) is 9.35. The minimum absolute atomic E-state index is 0.135. The van der Waals surface area contributed by atoms with Crippen LogP contribution in [0.4, 0.5) is 5.69 Å². The van der Waals surface area contributed by atoms with E-state index in [0.29, 0.717) is 31.7 Å². The van der Waals surface area contributed by atoms with Crippen LogP contribution in [0.25, 0.3) is 0 Å². The van der Waals surface area contributed by atoms with E-state index >= 15 is 0 Å². The Labute approximate surface area is 160 Å². The van der Waals surface area contributed by atoms with Crippen LogP contribution in [0.5, 0.6) is 5.75 Å². The second-order valence-electron chi connectivity index (χ2n) is 6.90. The molecule has 0 bridgehead atoms. The lowest BCUT2D eigenvalue weighted by atomic mass is 10.0. The van der Waals surface area contributed by atoms with Crippen molar-refractivity contribution >= 4 is 17.9 Å². The molecule has 1 fully saturated rings. The van der Waals surface area contributed by atoms with Crippen LogP contribution in [0.1, 0.15) is 27.9 Å². The molecule has 0 aliphatic carbocycles. The molecule has 0 saturated carbocycles. The Bertz CT molecular complexity index is 773. The quantitative estimate of drug-likeness (QED) is 0.737. The van der Waals surface area contributed by atoms with Gasteiger partial charge in [-0.2, -0.15) is 0 Å². The van der Waals surface area contributed by atoms with Gasteiger partial charge in [0.05, 0.1) is 13.0 Å². The fourth-order valence-electron chi connectivity index (χ4n) is 3.67. The fraction of sp³-hybridized carbons (Fsp3) is 0.364. The summed E-state index contributed by atoms with van der Waals surface area (Å²) in [5, 5.41) is 0. The number of rotatable bonds is 6. The molecule has 2 aromatic rings. The number of piperazine rings is 1. The molecule has 0 unspecified atom stereocenters. The molecule has 3 rings (SSSR count). The first kappa shape index (κ1) is 19.0. The summed E-state index contributed by atoms with van der Waals surface area (Å²) >= 11 is 0. The number of carbonyl (C=O) groups excluding carboxylic acids is 2. The number of carbonyl (C=O) groups is 2. The molecule has 0 aromatic heterocycles. The van der Waals surface area contributed by atoms with E-state index < -0.39 is 0 Å². The van der Waals surface area contributed by atoms with Crippen molar-refractivity contribution in [2.24, 2.45) is 0 Å². The predicted molar refractivity (Wildman–Crippen MR) is 107 cm³/mol. The molecular weight excluding hydrogens is 340 g/mol. The number of aryl methyl sites for hydroxylation is 2. The summed E-state index contributed by atoms with van der Waals surface area (Å²) in [6.45, 7) is 7.48. The smallest absolute Gasteiger partial charge is 0.226 e. The number of hydrogen-bond donors (Lipinski definition) is 0. The number of nitrogens with zero attached hydrogens (tertiary/aromatic N) is 2. The van der Waals surface area contributed by atoms with Crippen LogP contribution >= 0.6 is 0 Å². The molecule has 1 aliphatic heterocycles. The van der Waals surface area contributed by atoms with Gasteiger partial charge < -0.3 is 14.5 Å². The van der Waals surface area contributed by atoms with Gasteiger partial charge in [0.15, 0.2) is 0 Å². The number of ether oxygens (including phenoxy) is 1. The summed E-state index contributed by atoms with van der Waals surface area (Å²) in [4.78, 5) is 27.7. The molecule has 1 saturated heterocycles. The summed E-state index contributed by atoms with van der Waals surface area (Å²) in [5.74, 6) is 0.926. The van der Waals surface area contributed by atoms with Gasteiger partial charge in [-0.05, 0) is 49.2 Å². The molecule has 0 N–H and O–H groups in total. The Morgan fingerprint density at radius 3 is 2.26 bits per heavy atom. The van der Waals surface area contributed by atoms with Crippen molar-refractivity contribution in [1.29, 1.82) is 0 Å². The molecule has 0 atom stereocenters. The van der Waals surface area contributed by atoms with E-state index in [2.05, 4.69) is 4.90 Å². The van der Waals surface area contributed by atoms with E-state index in [0.717, 1.165) is 36.3 Å². The topological polar surface area (TPSA) is 49.9 Å². The van der Waals surface area contributed by atoms with Crippen molar-refractivity contribution in [3.63, 3.8) is 0 Å². The highest BCUT2D eigenvalue weighted by Gasteiger charge is 2.23. The molecule has 0 radical (unpaired) electrons. The lowest BCUT2D eigenvalue weighted by molar-refractivity contribution is -0.132. The third kappa shape index (κ3) is 4.67. The van der Waals surface area contributed by atoms with Gasteiger partial charge in [0.25, 0.3) is 0 Å². The molecule has 0 spiro atoms. The predicted octanol–water partition coefficient (Wildman–Crippen LogP) is 3.23. The zero-order chi connectivity index (χ0) is 19.2. The standard InChI is InChI=1S/C22H26N2O3/c1-17-14-19(16-25)15-18(2)22(17)24-11-9-23(10-12-24)21(26)8-13-27-20-6-4-3-5-7-20/h3-7,14-16H,8-13H2,1-2H3. The van der Waals surface area contributed by atoms with Crippen molar-refractivity contribution in [1.82, 2.24) is 4.90 Å². The van der Waals surface area contributed by atoms with Gasteiger partial charge >= 0.3 is 0 Å². The average Bonchev–Trinajstić information content (AvgIpc) is 2.68. The van der Waals surface area contributed by atoms with E-state index in [1.807, 2.05) is 61.2 Å². The van der Waals surface area contributed by atoms with Gasteiger partial charge in [-0.15, -0.1) is 0 Å². The fourth-order valence-corrected chi connectivity index (χ4v) is 3.67. The Morgan fingerprint density at radius 1 is 1.04 bits per heavy atom. The van der Waals surface area contributed by atoms with Crippen LogP contribution in [0.15, 0.2) is 42.5 Å². The van der Waals surface area contributed by atoms with Crippen LogP contribution in [0.2, 0.25) is 0 Å². The normalized spacial score (nSPS) is 14.1. The minimum atomic E-state index is 0.135. The van der Waals surface area contributed by atoms with Gasteiger partial charge in [-0.25, -0.2) is 0 Å². The molecule has 1 amide bonds. The summed E-state index contributed by atoms with van der Waals surface area (Å²) in [5.41, 5.74) is 4.10. The first-order chi connectivity index (χ1) is 13.1. The van der Waals surface area contributed by atoms with Crippen molar-refractivity contribution < 1.29 is 14.3 Å². The van der Waals surface area contributed by atoms with Crippen molar-refractivity contribution in [2.45, 2.75) is 20.3 Å². The molecule has 142 valence electrons. The Kier molecular flexibility index (Phi) is 6.12. The second-order valence-corrected chi connectivity index (χ2v) is 6.90. The van der Waals surface area contributed by atoms with E-state index in [1.54, 1.807) is 0 Å². The monoisotopic (exact) mass is 366 g/mol. The average molecular weight is 366 g/mol. The lowest BCUT2D eigenvalue weighted by Gasteiger charge is -2.37. The molecule has 5 nitrogen and oxygen atoms in total. The van der Waals surface area contributed by atoms with Crippen LogP contribution in [0.3, 0.4) is 0 Å². The molecule has 1 heterocycles. The number of amides is 1. The number of benzene rings is 2. The van der Waals surface area contributed by atoms with Gasteiger partial charge in [0, 0.05) is 37.4 Å². The van der Waals surface area contributed by atoms with Gasteiger partial charge in [-0.1, -0.05) is 18.2 Å². The lowest BCUT2D eigenvalue weighted by Crippen LogP contribution is -2.49. The Morgan fingerprint density at radius 2 is 1.67 bits per heavy atom. The van der Waals surface area contributed by atoms with Crippen molar-refractivity contribution in [3.8, 4) is 5.75 Å². The minimum Gasteiger partial charge on any atom is -0.493 e. The Hall–Kier alpha value is -2.82. The molecule has 1 aliphatic rings. The number of aldehydes is 1.